The number of nitrogens with zero attached hydrogens (tertiary/aromatic N) is 1. The van der Waals surface area contributed by atoms with Gasteiger partial charge in [0, 0.05) is 6.54 Å². The minimum absolute atomic E-state index is 0.959. The second kappa shape index (κ2) is 7.58. The van der Waals surface area contributed by atoms with Crippen LogP contribution in [0.2, 0.25) is 0 Å². The predicted molar refractivity (Wildman–Crippen MR) is 109 cm³/mol. The van der Waals surface area contributed by atoms with E-state index in [2.05, 4.69) is 66.4 Å². The fourth-order valence-corrected chi connectivity index (χ4v) is 4.43. The Hall–Kier alpha value is -1.86. The molecule has 4 rings (SSSR count). The molecule has 1 aliphatic heterocycles. The van der Waals surface area contributed by atoms with Gasteiger partial charge in [-0.15, -0.1) is 0 Å². The molecule has 1 nitrogen and oxygen atoms in total. The van der Waals surface area contributed by atoms with Crippen LogP contribution in [0.15, 0.2) is 54.6 Å². The summed E-state index contributed by atoms with van der Waals surface area (Å²) in [6.07, 6.45) is 6.92. The van der Waals surface area contributed by atoms with Crippen LogP contribution in [0.25, 0.3) is 21.5 Å². The summed E-state index contributed by atoms with van der Waals surface area (Å²) in [5.74, 6) is 0.959. The van der Waals surface area contributed by atoms with Crippen LogP contribution < -0.4 is 0 Å². The first-order valence-corrected chi connectivity index (χ1v) is 9.97. The van der Waals surface area contributed by atoms with Crippen molar-refractivity contribution in [2.75, 3.05) is 13.1 Å². The van der Waals surface area contributed by atoms with Crippen LogP contribution in [-0.4, -0.2) is 18.0 Å². The number of likely N-dealkylation sites (tertiary alicyclic amines) is 1. The van der Waals surface area contributed by atoms with Gasteiger partial charge in [0.25, 0.3) is 0 Å². The first-order chi connectivity index (χ1) is 12.3. The summed E-state index contributed by atoms with van der Waals surface area (Å²) in [4.78, 5) is 2.68. The second-order valence-electron chi connectivity index (χ2n) is 7.66. The van der Waals surface area contributed by atoms with Crippen LogP contribution in [0.4, 0.5) is 0 Å². The molecular weight excluding hydrogens is 302 g/mol. The normalized spacial score (nSPS) is 16.7. The van der Waals surface area contributed by atoms with E-state index in [-0.39, 0.29) is 0 Å². The van der Waals surface area contributed by atoms with Gasteiger partial charge in [-0.25, -0.2) is 0 Å². The predicted octanol–water partition coefficient (Wildman–Crippen LogP) is 6.40. The van der Waals surface area contributed by atoms with Crippen molar-refractivity contribution in [2.24, 2.45) is 5.92 Å². The Morgan fingerprint density at radius 3 is 2.08 bits per heavy atom. The molecule has 3 aromatic carbocycles. The topological polar surface area (TPSA) is 3.24 Å². The molecule has 0 amide bonds. The van der Waals surface area contributed by atoms with E-state index in [0.717, 1.165) is 12.5 Å². The van der Waals surface area contributed by atoms with Gasteiger partial charge in [-0.3, -0.25) is 4.90 Å². The molecule has 130 valence electrons. The maximum atomic E-state index is 2.68. The van der Waals surface area contributed by atoms with Crippen LogP contribution in [0, 0.1) is 5.92 Å². The number of unbranched alkanes of at least 4 members (excludes halogenated alkanes) is 1. The molecular formula is C24H29N. The number of rotatable bonds is 5. The molecule has 0 N–H and O–H groups in total. The van der Waals surface area contributed by atoms with Gasteiger partial charge in [0.1, 0.15) is 0 Å². The molecule has 0 spiro atoms. The minimum atomic E-state index is 0.959. The molecule has 3 aromatic rings. The van der Waals surface area contributed by atoms with E-state index < -0.39 is 0 Å². The zero-order chi connectivity index (χ0) is 17.1. The lowest BCUT2D eigenvalue weighted by Crippen LogP contribution is -2.33. The summed E-state index contributed by atoms with van der Waals surface area (Å²) in [6, 6.07) is 20.1. The van der Waals surface area contributed by atoms with Crippen molar-refractivity contribution in [2.45, 2.75) is 45.6 Å². The highest BCUT2D eigenvalue weighted by Crippen LogP contribution is 2.31. The standard InChI is InChI=1S/C24H29N/c1-2-3-8-19-13-15-25(16-14-19)18-24-22-11-6-4-9-20(22)17-21-10-5-7-12-23(21)24/h4-7,9-12,17,19H,2-3,8,13-16,18H2,1H3. The van der Waals surface area contributed by atoms with E-state index in [1.165, 1.54) is 72.3 Å². The molecule has 1 saturated heterocycles. The van der Waals surface area contributed by atoms with Gasteiger partial charge in [-0.2, -0.15) is 0 Å². The van der Waals surface area contributed by atoms with Gasteiger partial charge in [-0.05, 0) is 65.0 Å². The third-order valence-electron chi connectivity index (χ3n) is 5.94. The minimum Gasteiger partial charge on any atom is -0.299 e. The zero-order valence-corrected chi connectivity index (χ0v) is 15.4. The van der Waals surface area contributed by atoms with Crippen LogP contribution in [0.5, 0.6) is 0 Å². The molecule has 1 heteroatoms. The number of fused-ring (bicyclic) bond motifs is 2. The van der Waals surface area contributed by atoms with Crippen LogP contribution in [0.3, 0.4) is 0 Å². The van der Waals surface area contributed by atoms with Crippen molar-refractivity contribution in [1.29, 1.82) is 0 Å². The highest BCUT2D eigenvalue weighted by molar-refractivity contribution is 6.02. The number of piperidine rings is 1. The quantitative estimate of drug-likeness (QED) is 0.489. The summed E-state index contributed by atoms with van der Waals surface area (Å²) in [5.41, 5.74) is 1.51. The summed E-state index contributed by atoms with van der Waals surface area (Å²) >= 11 is 0. The maximum absolute atomic E-state index is 2.68. The van der Waals surface area contributed by atoms with Crippen molar-refractivity contribution in [3.8, 4) is 0 Å². The molecule has 0 radical (unpaired) electrons. The Bertz CT molecular complexity index is 789. The number of hydrogen-bond acceptors (Lipinski definition) is 1. The average molecular weight is 332 g/mol. The zero-order valence-electron chi connectivity index (χ0n) is 15.4. The Morgan fingerprint density at radius 1 is 0.880 bits per heavy atom. The molecule has 25 heavy (non-hydrogen) atoms. The summed E-state index contributed by atoms with van der Waals surface area (Å²) in [5, 5.41) is 5.59. The first kappa shape index (κ1) is 16.6. The lowest BCUT2D eigenvalue weighted by atomic mass is 9.90. The van der Waals surface area contributed by atoms with Crippen LogP contribution in [0.1, 0.15) is 44.6 Å². The molecule has 0 aromatic heterocycles. The van der Waals surface area contributed by atoms with Crippen molar-refractivity contribution in [1.82, 2.24) is 4.90 Å². The van der Waals surface area contributed by atoms with E-state index in [1.54, 1.807) is 0 Å². The molecule has 1 aliphatic rings. The van der Waals surface area contributed by atoms with Crippen molar-refractivity contribution in [3.63, 3.8) is 0 Å². The van der Waals surface area contributed by atoms with Crippen molar-refractivity contribution >= 4 is 21.5 Å². The largest absolute Gasteiger partial charge is 0.299 e. The molecule has 0 atom stereocenters. The maximum Gasteiger partial charge on any atom is 0.0246 e. The van der Waals surface area contributed by atoms with E-state index in [4.69, 9.17) is 0 Å². The third kappa shape index (κ3) is 3.57. The first-order valence-electron chi connectivity index (χ1n) is 9.97. The smallest absolute Gasteiger partial charge is 0.0246 e. The van der Waals surface area contributed by atoms with E-state index in [0.29, 0.717) is 0 Å². The lowest BCUT2D eigenvalue weighted by Gasteiger charge is -2.32. The van der Waals surface area contributed by atoms with E-state index >= 15 is 0 Å². The fraction of sp³-hybridized carbons (Fsp3) is 0.417. The second-order valence-corrected chi connectivity index (χ2v) is 7.66. The van der Waals surface area contributed by atoms with Crippen LogP contribution >= 0.6 is 0 Å². The van der Waals surface area contributed by atoms with Gasteiger partial charge >= 0.3 is 0 Å². The monoisotopic (exact) mass is 331 g/mol. The average Bonchev–Trinajstić information content (AvgIpc) is 2.67. The fourth-order valence-electron chi connectivity index (χ4n) is 4.43. The Kier molecular flexibility index (Phi) is 5.03. The van der Waals surface area contributed by atoms with Crippen molar-refractivity contribution < 1.29 is 0 Å². The third-order valence-corrected chi connectivity index (χ3v) is 5.94. The Labute approximate surface area is 151 Å². The summed E-state index contributed by atoms with van der Waals surface area (Å²) in [7, 11) is 0. The van der Waals surface area contributed by atoms with E-state index in [9.17, 15) is 0 Å². The molecule has 0 unspecified atom stereocenters. The number of benzene rings is 3. The van der Waals surface area contributed by atoms with Crippen molar-refractivity contribution in [3.05, 3.63) is 60.2 Å². The van der Waals surface area contributed by atoms with E-state index in [1.807, 2.05) is 0 Å². The van der Waals surface area contributed by atoms with Gasteiger partial charge in [0.05, 0.1) is 0 Å². The van der Waals surface area contributed by atoms with Gasteiger partial charge in [0.2, 0.25) is 0 Å². The summed E-state index contributed by atoms with van der Waals surface area (Å²) in [6.45, 7) is 5.90. The molecule has 0 bridgehead atoms. The summed E-state index contributed by atoms with van der Waals surface area (Å²) < 4.78 is 0. The Balaban J connectivity index is 1.60. The Morgan fingerprint density at radius 2 is 1.48 bits per heavy atom. The molecule has 1 heterocycles. The molecule has 0 aliphatic carbocycles. The molecule has 1 fully saturated rings. The van der Waals surface area contributed by atoms with Crippen LogP contribution in [-0.2, 0) is 6.54 Å². The van der Waals surface area contributed by atoms with Gasteiger partial charge < -0.3 is 0 Å². The van der Waals surface area contributed by atoms with Gasteiger partial charge in [0.15, 0.2) is 0 Å². The van der Waals surface area contributed by atoms with Gasteiger partial charge in [-0.1, -0.05) is 74.7 Å². The highest BCUT2D eigenvalue weighted by atomic mass is 15.1. The SMILES string of the molecule is CCCCC1CCN(Cc2c3ccccc3cc3ccccc23)CC1. The highest BCUT2D eigenvalue weighted by Gasteiger charge is 2.20. The molecule has 0 saturated carbocycles. The number of hydrogen-bond donors (Lipinski definition) is 0. The lowest BCUT2D eigenvalue weighted by molar-refractivity contribution is 0.172.